The summed E-state index contributed by atoms with van der Waals surface area (Å²) in [7, 11) is -4.02. The lowest BCUT2D eigenvalue weighted by atomic mass is 10.3. The molecule has 20 heavy (non-hydrogen) atoms. The van der Waals surface area contributed by atoms with Crippen molar-refractivity contribution in [2.24, 2.45) is 5.84 Å². The van der Waals surface area contributed by atoms with Crippen LogP contribution in [-0.2, 0) is 10.0 Å². The smallest absolute Gasteiger partial charge is 0.306 e. The summed E-state index contributed by atoms with van der Waals surface area (Å²) in [6.45, 7) is -0.527. The number of nitrogens with one attached hydrogen (secondary N) is 1. The zero-order valence-electron chi connectivity index (χ0n) is 9.96. The molecule has 0 aromatic carbocycles. The minimum absolute atomic E-state index is 0.0890. The van der Waals surface area contributed by atoms with Gasteiger partial charge in [0.05, 0.1) is 17.1 Å². The quantitative estimate of drug-likeness (QED) is 0.301. The van der Waals surface area contributed by atoms with Gasteiger partial charge in [-0.3, -0.25) is 10.1 Å². The second-order valence-electron chi connectivity index (χ2n) is 4.14. The molecule has 12 heteroatoms. The molecule has 1 aliphatic heterocycles. The molecule has 0 bridgehead atoms. The number of nitro groups is 1. The highest BCUT2D eigenvalue weighted by molar-refractivity contribution is 7.91. The molecule has 1 fully saturated rings. The fourth-order valence-corrected chi connectivity index (χ4v) is 4.65. The number of hydrazine groups is 1. The largest absolute Gasteiger partial charge is 0.389 e. The van der Waals surface area contributed by atoms with Gasteiger partial charge in [-0.25, -0.2) is 14.3 Å². The van der Waals surface area contributed by atoms with Gasteiger partial charge >= 0.3 is 5.69 Å². The molecule has 2 unspecified atom stereocenters. The van der Waals surface area contributed by atoms with E-state index in [9.17, 15) is 28.7 Å². The van der Waals surface area contributed by atoms with Crippen molar-refractivity contribution < 1.29 is 23.6 Å². The Morgan fingerprint density at radius 1 is 1.45 bits per heavy atom. The molecule has 10 nitrogen and oxygen atoms in total. The SMILES string of the molecule is NNc1sc(S(=O)(=O)N2CC(O)C(O)C2)cc1[N+](=O)[O-]. The van der Waals surface area contributed by atoms with E-state index in [0.717, 1.165) is 10.4 Å². The van der Waals surface area contributed by atoms with Gasteiger partial charge in [0.1, 0.15) is 4.21 Å². The van der Waals surface area contributed by atoms with Gasteiger partial charge in [0.15, 0.2) is 5.00 Å². The maximum atomic E-state index is 12.3. The zero-order valence-corrected chi connectivity index (χ0v) is 11.6. The Labute approximate surface area is 117 Å². The Balaban J connectivity index is 2.38. The van der Waals surface area contributed by atoms with Crippen molar-refractivity contribution in [3.8, 4) is 0 Å². The van der Waals surface area contributed by atoms with Gasteiger partial charge in [0.2, 0.25) is 0 Å². The normalized spacial score (nSPS) is 23.9. The minimum Gasteiger partial charge on any atom is -0.389 e. The van der Waals surface area contributed by atoms with Gasteiger partial charge < -0.3 is 15.6 Å². The van der Waals surface area contributed by atoms with Crippen LogP contribution in [-0.4, -0.2) is 53.2 Å². The predicted molar refractivity (Wildman–Crippen MR) is 69.6 cm³/mol. The van der Waals surface area contributed by atoms with Crippen molar-refractivity contribution >= 4 is 32.0 Å². The van der Waals surface area contributed by atoms with E-state index in [2.05, 4.69) is 5.43 Å². The van der Waals surface area contributed by atoms with E-state index < -0.39 is 32.8 Å². The van der Waals surface area contributed by atoms with Gasteiger partial charge in [0, 0.05) is 19.2 Å². The van der Waals surface area contributed by atoms with Crippen molar-refractivity contribution in [3.05, 3.63) is 16.2 Å². The number of aliphatic hydroxyl groups is 2. The maximum Gasteiger partial charge on any atom is 0.306 e. The summed E-state index contributed by atoms with van der Waals surface area (Å²) in [5, 5.41) is 29.4. The number of nitrogen functional groups attached to an aromatic ring is 1. The molecule has 0 amide bonds. The second kappa shape index (κ2) is 5.23. The molecule has 1 aliphatic rings. The van der Waals surface area contributed by atoms with E-state index in [4.69, 9.17) is 5.84 Å². The number of sulfonamides is 1. The molecule has 1 saturated heterocycles. The van der Waals surface area contributed by atoms with E-state index >= 15 is 0 Å². The molecular formula is C8H12N4O6S2. The molecule has 5 N–H and O–H groups in total. The fourth-order valence-electron chi connectivity index (χ4n) is 1.78. The van der Waals surface area contributed by atoms with Crippen LogP contribution in [0.5, 0.6) is 0 Å². The van der Waals surface area contributed by atoms with Crippen molar-refractivity contribution in [2.75, 3.05) is 18.5 Å². The van der Waals surface area contributed by atoms with Gasteiger partial charge in [0.25, 0.3) is 10.0 Å². The maximum absolute atomic E-state index is 12.3. The van der Waals surface area contributed by atoms with Gasteiger partial charge in [-0.2, -0.15) is 4.31 Å². The number of hydrogen-bond donors (Lipinski definition) is 4. The van der Waals surface area contributed by atoms with E-state index in [1.54, 1.807) is 0 Å². The molecule has 0 spiro atoms. The monoisotopic (exact) mass is 324 g/mol. The number of anilines is 1. The Hall–Kier alpha value is -1.31. The number of thiophene rings is 1. The van der Waals surface area contributed by atoms with Crippen LogP contribution in [0.25, 0.3) is 0 Å². The average Bonchev–Trinajstić information content (AvgIpc) is 2.94. The lowest BCUT2D eigenvalue weighted by Gasteiger charge is -2.13. The number of nitrogens with zero attached hydrogens (tertiary/aromatic N) is 2. The Bertz CT molecular complexity index is 619. The van der Waals surface area contributed by atoms with Crippen LogP contribution in [0.2, 0.25) is 0 Å². The van der Waals surface area contributed by atoms with Crippen LogP contribution in [0, 0.1) is 10.1 Å². The Kier molecular flexibility index (Phi) is 3.95. The molecule has 2 atom stereocenters. The summed E-state index contributed by atoms with van der Waals surface area (Å²) >= 11 is 0.613. The highest BCUT2D eigenvalue weighted by Crippen LogP contribution is 2.38. The standard InChI is InChI=1S/C8H12N4O6S2/c9-10-8-4(12(15)16)1-7(19-8)20(17,18)11-2-5(13)6(14)3-11/h1,5-6,10,13-14H,2-3,9H2. The first-order valence-electron chi connectivity index (χ1n) is 5.38. The van der Waals surface area contributed by atoms with Crippen LogP contribution < -0.4 is 11.3 Å². The summed E-state index contributed by atoms with van der Waals surface area (Å²) in [4.78, 5) is 10.0. The van der Waals surface area contributed by atoms with E-state index in [1.807, 2.05) is 0 Å². The predicted octanol–water partition coefficient (Wildman–Crippen LogP) is -1.33. The van der Waals surface area contributed by atoms with E-state index in [-0.39, 0.29) is 22.3 Å². The van der Waals surface area contributed by atoms with Crippen LogP contribution >= 0.6 is 11.3 Å². The van der Waals surface area contributed by atoms with Crippen molar-refractivity contribution in [3.63, 3.8) is 0 Å². The molecule has 1 aromatic heterocycles. The summed E-state index contributed by atoms with van der Waals surface area (Å²) in [6, 6.07) is 0.895. The Morgan fingerprint density at radius 2 is 2.00 bits per heavy atom. The molecule has 1 aromatic rings. The molecule has 0 aliphatic carbocycles. The third-order valence-electron chi connectivity index (χ3n) is 2.84. The number of rotatable bonds is 4. The minimum atomic E-state index is -4.02. The summed E-state index contributed by atoms with van der Waals surface area (Å²) < 4.78 is 25.1. The molecule has 2 rings (SSSR count). The topological polar surface area (TPSA) is 159 Å². The van der Waals surface area contributed by atoms with Crippen LogP contribution in [0.1, 0.15) is 0 Å². The number of β-amino-alcohol motifs (C(OH)–C–C–N with tert-alkyl or cyclic N) is 2. The van der Waals surface area contributed by atoms with Crippen LogP contribution in [0.15, 0.2) is 10.3 Å². The number of nitrogens with two attached hydrogens (primary N) is 1. The van der Waals surface area contributed by atoms with Crippen molar-refractivity contribution in [2.45, 2.75) is 16.4 Å². The number of aliphatic hydroxyl groups excluding tert-OH is 2. The van der Waals surface area contributed by atoms with Crippen molar-refractivity contribution in [1.82, 2.24) is 4.31 Å². The second-order valence-corrected chi connectivity index (χ2v) is 7.35. The molecule has 0 saturated carbocycles. The molecule has 2 heterocycles. The molecular weight excluding hydrogens is 312 g/mol. The lowest BCUT2D eigenvalue weighted by Crippen LogP contribution is -2.29. The van der Waals surface area contributed by atoms with Gasteiger partial charge in [-0.1, -0.05) is 11.3 Å². The molecule has 0 radical (unpaired) electrons. The van der Waals surface area contributed by atoms with Gasteiger partial charge in [-0.05, 0) is 0 Å². The highest BCUT2D eigenvalue weighted by Gasteiger charge is 2.39. The van der Waals surface area contributed by atoms with Gasteiger partial charge in [-0.15, -0.1) is 0 Å². The van der Waals surface area contributed by atoms with E-state index in [1.165, 1.54) is 0 Å². The zero-order chi connectivity index (χ0) is 15.1. The lowest BCUT2D eigenvalue weighted by molar-refractivity contribution is -0.383. The van der Waals surface area contributed by atoms with Crippen LogP contribution in [0.3, 0.4) is 0 Å². The summed E-state index contributed by atoms with van der Waals surface area (Å²) in [5.41, 5.74) is 1.62. The summed E-state index contributed by atoms with van der Waals surface area (Å²) in [6.07, 6.45) is -2.35. The van der Waals surface area contributed by atoms with Crippen molar-refractivity contribution in [1.29, 1.82) is 0 Å². The number of hydrogen-bond acceptors (Lipinski definition) is 9. The molecule has 112 valence electrons. The fraction of sp³-hybridized carbons (Fsp3) is 0.500. The third-order valence-corrected chi connectivity index (χ3v) is 6.17. The first-order chi connectivity index (χ1) is 9.27. The van der Waals surface area contributed by atoms with E-state index in [0.29, 0.717) is 11.3 Å². The highest BCUT2D eigenvalue weighted by atomic mass is 32.2. The average molecular weight is 324 g/mol. The Morgan fingerprint density at radius 3 is 2.40 bits per heavy atom. The first kappa shape index (κ1) is 15.1. The van der Waals surface area contributed by atoms with Crippen LogP contribution in [0.4, 0.5) is 10.7 Å². The first-order valence-corrected chi connectivity index (χ1v) is 7.64. The third kappa shape index (κ3) is 2.48. The summed E-state index contributed by atoms with van der Waals surface area (Å²) in [5.74, 6) is 5.11.